The second-order valence-electron chi connectivity index (χ2n) is 3.98. The van der Waals surface area contributed by atoms with Crippen molar-refractivity contribution in [1.29, 1.82) is 0 Å². The highest BCUT2D eigenvalue weighted by Crippen LogP contribution is 2.21. The molecule has 0 saturated carbocycles. The molecule has 0 heterocycles. The fourth-order valence-electron chi connectivity index (χ4n) is 1.52. The van der Waals surface area contributed by atoms with Gasteiger partial charge in [-0.25, -0.2) is 17.2 Å². The minimum absolute atomic E-state index is 0.276. The number of rotatable bonds is 4. The number of nitrogens with zero attached hydrogens (tertiary/aromatic N) is 1. The second-order valence-corrected chi connectivity index (χ2v) is 5.66. The largest absolute Gasteiger partial charge is 0.277 e. The molecule has 0 amide bonds. The molecule has 0 aliphatic carbocycles. The van der Waals surface area contributed by atoms with Crippen molar-refractivity contribution < 1.29 is 22.1 Å². The van der Waals surface area contributed by atoms with Gasteiger partial charge >= 0.3 is 0 Å². The number of nitro benzene ring substituents is 1. The van der Waals surface area contributed by atoms with E-state index in [-0.39, 0.29) is 10.6 Å². The molecule has 0 aliphatic rings. The molecule has 9 heteroatoms. The smallest absolute Gasteiger partial charge is 0.269 e. The van der Waals surface area contributed by atoms with Crippen molar-refractivity contribution in [1.82, 2.24) is 0 Å². The topological polar surface area (TPSA) is 89.3 Å². The Morgan fingerprint density at radius 3 is 2.19 bits per heavy atom. The number of benzene rings is 2. The first-order valence-electron chi connectivity index (χ1n) is 5.52. The summed E-state index contributed by atoms with van der Waals surface area (Å²) in [6.45, 7) is 0. The molecule has 0 radical (unpaired) electrons. The maximum atomic E-state index is 13.4. The lowest BCUT2D eigenvalue weighted by atomic mass is 10.3. The van der Waals surface area contributed by atoms with Crippen molar-refractivity contribution in [3.8, 4) is 0 Å². The van der Waals surface area contributed by atoms with Crippen LogP contribution < -0.4 is 4.72 Å². The van der Waals surface area contributed by atoms with Gasteiger partial charge in [0.15, 0.2) is 0 Å². The van der Waals surface area contributed by atoms with E-state index in [4.69, 9.17) is 0 Å². The maximum absolute atomic E-state index is 13.4. The molecule has 6 nitrogen and oxygen atoms in total. The first-order chi connectivity index (χ1) is 9.79. The van der Waals surface area contributed by atoms with Crippen molar-refractivity contribution in [2.45, 2.75) is 4.90 Å². The highest BCUT2D eigenvalue weighted by Gasteiger charge is 2.17. The van der Waals surface area contributed by atoms with Gasteiger partial charge in [0.05, 0.1) is 15.5 Å². The van der Waals surface area contributed by atoms with Crippen molar-refractivity contribution in [2.24, 2.45) is 0 Å². The predicted octanol–water partition coefficient (Wildman–Crippen LogP) is 2.67. The fraction of sp³-hybridized carbons (Fsp3) is 0. The standard InChI is InChI=1S/C12H8F2N2O4S/c13-8-1-6-12(11(14)7-8)15-21(19,20)10-4-2-9(3-5-10)16(17)18/h1-7,15H. The Morgan fingerprint density at radius 2 is 1.67 bits per heavy atom. The molecule has 21 heavy (non-hydrogen) atoms. The Morgan fingerprint density at radius 1 is 1.05 bits per heavy atom. The van der Waals surface area contributed by atoms with Crippen LogP contribution in [-0.2, 0) is 10.0 Å². The monoisotopic (exact) mass is 314 g/mol. The Balaban J connectivity index is 2.31. The van der Waals surface area contributed by atoms with Gasteiger partial charge in [-0.1, -0.05) is 0 Å². The summed E-state index contributed by atoms with van der Waals surface area (Å²) in [5.41, 5.74) is -0.698. The zero-order chi connectivity index (χ0) is 15.6. The van der Waals surface area contributed by atoms with Crippen LogP contribution in [0.3, 0.4) is 0 Å². The van der Waals surface area contributed by atoms with E-state index < -0.39 is 32.3 Å². The van der Waals surface area contributed by atoms with Crippen LogP contribution in [0.2, 0.25) is 0 Å². The van der Waals surface area contributed by atoms with Crippen LogP contribution in [0.15, 0.2) is 47.4 Å². The average Bonchev–Trinajstić information content (AvgIpc) is 2.42. The lowest BCUT2D eigenvalue weighted by Gasteiger charge is -2.08. The highest BCUT2D eigenvalue weighted by molar-refractivity contribution is 7.92. The molecule has 2 aromatic rings. The number of sulfonamides is 1. The summed E-state index contributed by atoms with van der Waals surface area (Å²) < 4.78 is 52.0. The van der Waals surface area contributed by atoms with Gasteiger partial charge in [-0.3, -0.25) is 14.8 Å². The van der Waals surface area contributed by atoms with Gasteiger partial charge in [0, 0.05) is 18.2 Å². The van der Waals surface area contributed by atoms with E-state index in [1.54, 1.807) is 0 Å². The molecule has 0 spiro atoms. The van der Waals surface area contributed by atoms with E-state index in [0.29, 0.717) is 6.07 Å². The quantitative estimate of drug-likeness (QED) is 0.694. The zero-order valence-corrected chi connectivity index (χ0v) is 11.1. The summed E-state index contributed by atoms with van der Waals surface area (Å²) in [6.07, 6.45) is 0. The van der Waals surface area contributed by atoms with Crippen LogP contribution in [-0.4, -0.2) is 13.3 Å². The summed E-state index contributed by atoms with van der Waals surface area (Å²) in [5.74, 6) is -1.91. The van der Waals surface area contributed by atoms with Crippen LogP contribution in [0.25, 0.3) is 0 Å². The third kappa shape index (κ3) is 3.31. The first kappa shape index (κ1) is 14.9. The van der Waals surface area contributed by atoms with Gasteiger partial charge in [-0.15, -0.1) is 0 Å². The Hall–Kier alpha value is -2.55. The van der Waals surface area contributed by atoms with Gasteiger partial charge in [-0.05, 0) is 24.3 Å². The van der Waals surface area contributed by atoms with Crippen LogP contribution in [0.4, 0.5) is 20.2 Å². The molecular formula is C12H8F2N2O4S. The summed E-state index contributed by atoms with van der Waals surface area (Å²) in [5, 5.41) is 10.5. The zero-order valence-electron chi connectivity index (χ0n) is 10.3. The normalized spacial score (nSPS) is 11.1. The average molecular weight is 314 g/mol. The number of nitro groups is 1. The Labute approximate surface area is 118 Å². The number of halogens is 2. The van der Waals surface area contributed by atoms with Gasteiger partial charge in [0.25, 0.3) is 15.7 Å². The van der Waals surface area contributed by atoms with E-state index in [1.165, 1.54) is 0 Å². The SMILES string of the molecule is O=[N+]([O-])c1ccc(S(=O)(=O)Nc2ccc(F)cc2F)cc1. The van der Waals surface area contributed by atoms with Crippen LogP contribution in [0, 0.1) is 21.7 Å². The minimum Gasteiger partial charge on any atom is -0.277 e. The Bertz CT molecular complexity index is 791. The number of nitrogens with one attached hydrogen (secondary N) is 1. The Kier molecular flexibility index (Phi) is 3.85. The third-order valence-corrected chi connectivity index (χ3v) is 3.91. The minimum atomic E-state index is -4.13. The molecule has 1 N–H and O–H groups in total. The van der Waals surface area contributed by atoms with Gasteiger partial charge in [0.1, 0.15) is 11.6 Å². The summed E-state index contributed by atoms with van der Waals surface area (Å²) in [7, 11) is -4.13. The van der Waals surface area contributed by atoms with E-state index in [0.717, 1.165) is 36.4 Å². The van der Waals surface area contributed by atoms with E-state index >= 15 is 0 Å². The number of anilines is 1. The number of non-ortho nitro benzene ring substituents is 1. The van der Waals surface area contributed by atoms with E-state index in [9.17, 15) is 27.3 Å². The van der Waals surface area contributed by atoms with Crippen molar-refractivity contribution >= 4 is 21.4 Å². The molecule has 2 rings (SSSR count). The van der Waals surface area contributed by atoms with E-state index in [2.05, 4.69) is 0 Å². The van der Waals surface area contributed by atoms with Gasteiger partial charge in [0.2, 0.25) is 0 Å². The van der Waals surface area contributed by atoms with Crippen molar-refractivity contribution in [3.63, 3.8) is 0 Å². The van der Waals surface area contributed by atoms with Crippen molar-refractivity contribution in [2.75, 3.05) is 4.72 Å². The molecule has 2 aromatic carbocycles. The second kappa shape index (κ2) is 5.44. The van der Waals surface area contributed by atoms with Crippen LogP contribution in [0.1, 0.15) is 0 Å². The highest BCUT2D eigenvalue weighted by atomic mass is 32.2. The lowest BCUT2D eigenvalue weighted by molar-refractivity contribution is -0.384. The molecule has 110 valence electrons. The fourth-order valence-corrected chi connectivity index (χ4v) is 2.59. The molecular weight excluding hydrogens is 306 g/mol. The van der Waals surface area contributed by atoms with Crippen LogP contribution in [0.5, 0.6) is 0 Å². The first-order valence-corrected chi connectivity index (χ1v) is 7.00. The molecule has 0 aromatic heterocycles. The molecule has 0 fully saturated rings. The predicted molar refractivity (Wildman–Crippen MR) is 70.3 cm³/mol. The third-order valence-electron chi connectivity index (χ3n) is 2.53. The molecule has 0 aliphatic heterocycles. The lowest BCUT2D eigenvalue weighted by Crippen LogP contribution is -2.14. The van der Waals surface area contributed by atoms with E-state index in [1.807, 2.05) is 4.72 Å². The van der Waals surface area contributed by atoms with Gasteiger partial charge in [-0.2, -0.15) is 0 Å². The van der Waals surface area contributed by atoms with Crippen LogP contribution >= 0.6 is 0 Å². The summed E-state index contributed by atoms with van der Waals surface area (Å²) in [4.78, 5) is 9.53. The number of hydrogen-bond acceptors (Lipinski definition) is 4. The molecule has 0 unspecified atom stereocenters. The number of hydrogen-bond donors (Lipinski definition) is 1. The van der Waals surface area contributed by atoms with Gasteiger partial charge < -0.3 is 0 Å². The van der Waals surface area contributed by atoms with Crippen molar-refractivity contribution in [3.05, 3.63) is 64.2 Å². The maximum Gasteiger partial charge on any atom is 0.269 e. The summed E-state index contributed by atoms with van der Waals surface area (Å²) >= 11 is 0. The molecule has 0 bridgehead atoms. The molecule has 0 saturated heterocycles. The summed E-state index contributed by atoms with van der Waals surface area (Å²) in [6, 6.07) is 6.42. The molecule has 0 atom stereocenters.